The minimum Gasteiger partial charge on any atom is -0.366 e. The molecule has 1 aromatic heterocycles. The van der Waals surface area contributed by atoms with E-state index < -0.39 is 5.91 Å². The number of hydrogen-bond donors (Lipinski definition) is 2. The number of benzene rings is 1. The van der Waals surface area contributed by atoms with Gasteiger partial charge in [0.15, 0.2) is 0 Å². The van der Waals surface area contributed by atoms with Crippen LogP contribution in [-0.4, -0.2) is 16.4 Å². The maximum atomic E-state index is 12.3. The van der Waals surface area contributed by atoms with E-state index in [0.717, 1.165) is 11.4 Å². The first-order valence-electron chi connectivity index (χ1n) is 6.25. The Kier molecular flexibility index (Phi) is 3.61. The van der Waals surface area contributed by atoms with Crippen LogP contribution in [0.15, 0.2) is 30.3 Å². The zero-order valence-corrected chi connectivity index (χ0v) is 11.7. The lowest BCUT2D eigenvalue weighted by Gasteiger charge is -2.08. The molecular weight excluding hydrogens is 254 g/mol. The fraction of sp³-hybridized carbons (Fsp3) is 0.200. The number of rotatable bonds is 3. The average molecular weight is 271 g/mol. The second-order valence-corrected chi connectivity index (χ2v) is 4.71. The van der Waals surface area contributed by atoms with Gasteiger partial charge in [-0.2, -0.15) is 0 Å². The maximum absolute atomic E-state index is 12.3. The van der Waals surface area contributed by atoms with Crippen LogP contribution in [0, 0.1) is 13.8 Å². The summed E-state index contributed by atoms with van der Waals surface area (Å²) in [7, 11) is 1.90. The van der Waals surface area contributed by atoms with Crippen molar-refractivity contribution < 1.29 is 9.59 Å². The first-order chi connectivity index (χ1) is 9.41. The molecule has 0 radical (unpaired) electrons. The van der Waals surface area contributed by atoms with Gasteiger partial charge in [-0.05, 0) is 32.0 Å². The molecule has 2 amide bonds. The summed E-state index contributed by atoms with van der Waals surface area (Å²) in [5.74, 6) is -0.818. The molecule has 2 rings (SSSR count). The summed E-state index contributed by atoms with van der Waals surface area (Å²) in [5.41, 5.74) is 8.47. The first-order valence-corrected chi connectivity index (χ1v) is 6.25. The fourth-order valence-electron chi connectivity index (χ4n) is 2.08. The van der Waals surface area contributed by atoms with Gasteiger partial charge in [0.05, 0.1) is 16.8 Å². The zero-order valence-electron chi connectivity index (χ0n) is 11.7. The van der Waals surface area contributed by atoms with Crippen LogP contribution in [0.1, 0.15) is 32.1 Å². The average Bonchev–Trinajstić information content (AvgIpc) is 2.67. The Labute approximate surface area is 117 Å². The van der Waals surface area contributed by atoms with Gasteiger partial charge in [0.1, 0.15) is 0 Å². The van der Waals surface area contributed by atoms with Crippen molar-refractivity contribution in [2.45, 2.75) is 13.8 Å². The van der Waals surface area contributed by atoms with E-state index in [1.165, 1.54) is 0 Å². The van der Waals surface area contributed by atoms with Crippen molar-refractivity contribution in [2.24, 2.45) is 12.8 Å². The van der Waals surface area contributed by atoms with E-state index in [1.807, 2.05) is 31.5 Å². The number of carbonyl (C=O) groups excluding carboxylic acids is 2. The molecule has 0 saturated carbocycles. The van der Waals surface area contributed by atoms with Crippen molar-refractivity contribution in [1.29, 1.82) is 0 Å². The molecule has 0 unspecified atom stereocenters. The van der Waals surface area contributed by atoms with Gasteiger partial charge in [-0.1, -0.05) is 12.1 Å². The molecule has 1 heterocycles. The van der Waals surface area contributed by atoms with Gasteiger partial charge in [-0.15, -0.1) is 0 Å². The van der Waals surface area contributed by atoms with E-state index in [0.29, 0.717) is 16.8 Å². The highest BCUT2D eigenvalue weighted by molar-refractivity contribution is 6.09. The highest BCUT2D eigenvalue weighted by Crippen LogP contribution is 2.18. The Balaban J connectivity index is 2.33. The first kappa shape index (κ1) is 13.9. The second kappa shape index (κ2) is 5.21. The number of nitrogens with one attached hydrogen (secondary N) is 1. The SMILES string of the molecule is Cc1cc(C(=O)Nc2ccccc2C(N)=O)c(C)n1C. The number of nitrogens with zero attached hydrogens (tertiary/aromatic N) is 1. The van der Waals surface area contributed by atoms with Crippen molar-refractivity contribution >= 4 is 17.5 Å². The van der Waals surface area contributed by atoms with Gasteiger partial charge in [0.25, 0.3) is 11.8 Å². The molecule has 20 heavy (non-hydrogen) atoms. The van der Waals surface area contributed by atoms with Crippen molar-refractivity contribution in [2.75, 3.05) is 5.32 Å². The van der Waals surface area contributed by atoms with E-state index in [1.54, 1.807) is 24.3 Å². The summed E-state index contributed by atoms with van der Waals surface area (Å²) in [6, 6.07) is 8.50. The lowest BCUT2D eigenvalue weighted by molar-refractivity contribution is 0.100. The molecule has 0 bridgehead atoms. The molecule has 0 aliphatic heterocycles. The fourth-order valence-corrected chi connectivity index (χ4v) is 2.08. The minimum atomic E-state index is -0.568. The molecule has 0 aliphatic carbocycles. The number of para-hydroxylation sites is 1. The number of anilines is 1. The van der Waals surface area contributed by atoms with Crippen LogP contribution < -0.4 is 11.1 Å². The third-order valence-electron chi connectivity index (χ3n) is 3.46. The van der Waals surface area contributed by atoms with Crippen LogP contribution in [0.4, 0.5) is 5.69 Å². The van der Waals surface area contributed by atoms with Gasteiger partial charge >= 0.3 is 0 Å². The third kappa shape index (κ3) is 2.42. The largest absolute Gasteiger partial charge is 0.366 e. The summed E-state index contributed by atoms with van der Waals surface area (Å²) >= 11 is 0. The van der Waals surface area contributed by atoms with Gasteiger partial charge in [-0.25, -0.2) is 0 Å². The summed E-state index contributed by atoms with van der Waals surface area (Å²) in [6.07, 6.45) is 0. The van der Waals surface area contributed by atoms with Crippen molar-refractivity contribution in [3.8, 4) is 0 Å². The standard InChI is InChI=1S/C15H17N3O2/c1-9-8-12(10(2)18(9)3)15(20)17-13-7-5-4-6-11(13)14(16)19/h4-8H,1-3H3,(H2,16,19)(H,17,20). The van der Waals surface area contributed by atoms with Gasteiger partial charge in [0, 0.05) is 18.4 Å². The maximum Gasteiger partial charge on any atom is 0.257 e. The summed E-state index contributed by atoms with van der Waals surface area (Å²) < 4.78 is 1.94. The molecule has 1 aromatic carbocycles. The predicted octanol–water partition coefficient (Wildman–Crippen LogP) is 1.99. The van der Waals surface area contributed by atoms with Crippen LogP contribution in [0.25, 0.3) is 0 Å². The molecule has 0 aliphatic rings. The monoisotopic (exact) mass is 271 g/mol. The Morgan fingerprint density at radius 2 is 1.80 bits per heavy atom. The number of primary amides is 1. The van der Waals surface area contributed by atoms with Gasteiger partial charge in [0.2, 0.25) is 0 Å². The minimum absolute atomic E-state index is 0.250. The van der Waals surface area contributed by atoms with Crippen molar-refractivity contribution in [3.05, 3.63) is 52.8 Å². The molecule has 5 heteroatoms. The number of nitrogens with two attached hydrogens (primary N) is 1. The highest BCUT2D eigenvalue weighted by atomic mass is 16.2. The molecular formula is C15H17N3O2. The molecule has 104 valence electrons. The van der Waals surface area contributed by atoms with Crippen LogP contribution in [0.2, 0.25) is 0 Å². The van der Waals surface area contributed by atoms with Crippen LogP contribution in [-0.2, 0) is 7.05 Å². The summed E-state index contributed by atoms with van der Waals surface area (Å²) in [4.78, 5) is 23.6. The molecule has 3 N–H and O–H groups in total. The van der Waals surface area contributed by atoms with E-state index in [9.17, 15) is 9.59 Å². The lowest BCUT2D eigenvalue weighted by Crippen LogP contribution is -2.18. The Morgan fingerprint density at radius 1 is 1.15 bits per heavy atom. The number of hydrogen-bond acceptors (Lipinski definition) is 2. The van der Waals surface area contributed by atoms with E-state index >= 15 is 0 Å². The molecule has 2 aromatic rings. The third-order valence-corrected chi connectivity index (χ3v) is 3.46. The topological polar surface area (TPSA) is 77.1 Å². The van der Waals surface area contributed by atoms with Crippen LogP contribution in [0.5, 0.6) is 0 Å². The number of aryl methyl sites for hydroxylation is 1. The van der Waals surface area contributed by atoms with Gasteiger partial charge < -0.3 is 15.6 Å². The van der Waals surface area contributed by atoms with E-state index in [-0.39, 0.29) is 5.91 Å². The Bertz CT molecular complexity index is 686. The molecule has 0 spiro atoms. The zero-order chi connectivity index (χ0) is 14.9. The lowest BCUT2D eigenvalue weighted by atomic mass is 10.1. The number of aromatic nitrogens is 1. The number of amides is 2. The highest BCUT2D eigenvalue weighted by Gasteiger charge is 2.16. The smallest absolute Gasteiger partial charge is 0.257 e. The summed E-state index contributed by atoms with van der Waals surface area (Å²) in [6.45, 7) is 3.81. The Hall–Kier alpha value is -2.56. The van der Waals surface area contributed by atoms with Crippen molar-refractivity contribution in [1.82, 2.24) is 4.57 Å². The van der Waals surface area contributed by atoms with Gasteiger partial charge in [-0.3, -0.25) is 9.59 Å². The van der Waals surface area contributed by atoms with E-state index in [4.69, 9.17) is 5.73 Å². The molecule has 0 fully saturated rings. The molecule has 5 nitrogen and oxygen atoms in total. The van der Waals surface area contributed by atoms with Crippen LogP contribution >= 0.6 is 0 Å². The quantitative estimate of drug-likeness (QED) is 0.895. The molecule has 0 saturated heterocycles. The predicted molar refractivity (Wildman–Crippen MR) is 77.8 cm³/mol. The van der Waals surface area contributed by atoms with Crippen molar-refractivity contribution in [3.63, 3.8) is 0 Å². The van der Waals surface area contributed by atoms with E-state index in [2.05, 4.69) is 5.32 Å². The van der Waals surface area contributed by atoms with Crippen LogP contribution in [0.3, 0.4) is 0 Å². The molecule has 0 atom stereocenters. The number of carbonyl (C=O) groups is 2. The Morgan fingerprint density at radius 3 is 2.35 bits per heavy atom. The second-order valence-electron chi connectivity index (χ2n) is 4.71. The normalized spacial score (nSPS) is 10.3. The summed E-state index contributed by atoms with van der Waals surface area (Å²) in [5, 5.41) is 2.74.